The average Bonchev–Trinajstić information content (AvgIpc) is 2.73. The van der Waals surface area contributed by atoms with Crippen LogP contribution in [0.1, 0.15) is 48.7 Å². The van der Waals surface area contributed by atoms with E-state index in [2.05, 4.69) is 10.6 Å². The van der Waals surface area contributed by atoms with Crippen LogP contribution in [0.2, 0.25) is 0 Å². The van der Waals surface area contributed by atoms with E-state index in [0.717, 1.165) is 24.5 Å². The molecule has 154 valence electrons. The van der Waals surface area contributed by atoms with Gasteiger partial charge >= 0.3 is 5.97 Å². The number of hydrogen-bond acceptors (Lipinski definition) is 6. The second kappa shape index (κ2) is 10.2. The fraction of sp³-hybridized carbons (Fsp3) is 0.333. The van der Waals surface area contributed by atoms with Crippen molar-refractivity contribution in [2.75, 3.05) is 12.4 Å². The molecule has 2 rings (SSSR count). The summed E-state index contributed by atoms with van der Waals surface area (Å²) < 4.78 is 5.28. The Morgan fingerprint density at radius 1 is 1.17 bits per heavy atom. The standard InChI is InChI=1S/C21H25N3O5/c1-4-8-18(15-9-6-5-7-10-15)23-20(25)14(2)29-21(26)17-13-16(24(27)28)11-12-19(17)22-3/h5-7,9-14,18,22H,4,8H2,1-3H3,(H,23,25)/t14-,18-/m0/s1. The normalized spacial score (nSPS) is 12.5. The quantitative estimate of drug-likeness (QED) is 0.377. The average molecular weight is 399 g/mol. The molecule has 8 heteroatoms. The van der Waals surface area contributed by atoms with E-state index < -0.39 is 22.9 Å². The number of ether oxygens (including phenoxy) is 1. The highest BCUT2D eigenvalue weighted by Crippen LogP contribution is 2.23. The van der Waals surface area contributed by atoms with Gasteiger partial charge < -0.3 is 15.4 Å². The molecule has 29 heavy (non-hydrogen) atoms. The van der Waals surface area contributed by atoms with Crippen LogP contribution in [0.5, 0.6) is 0 Å². The first-order valence-electron chi connectivity index (χ1n) is 9.39. The molecular weight excluding hydrogens is 374 g/mol. The van der Waals surface area contributed by atoms with Gasteiger partial charge in [-0.1, -0.05) is 43.7 Å². The molecule has 2 atom stereocenters. The van der Waals surface area contributed by atoms with Crippen molar-refractivity contribution in [3.63, 3.8) is 0 Å². The molecule has 8 nitrogen and oxygen atoms in total. The van der Waals surface area contributed by atoms with Crippen molar-refractivity contribution in [1.29, 1.82) is 0 Å². The van der Waals surface area contributed by atoms with Gasteiger partial charge in [-0.2, -0.15) is 0 Å². The Morgan fingerprint density at radius 3 is 2.45 bits per heavy atom. The maximum absolute atomic E-state index is 12.6. The second-order valence-electron chi connectivity index (χ2n) is 6.55. The van der Waals surface area contributed by atoms with Crippen molar-refractivity contribution >= 4 is 23.3 Å². The minimum Gasteiger partial charge on any atom is -0.449 e. The summed E-state index contributed by atoms with van der Waals surface area (Å²) in [6.45, 7) is 3.49. The third kappa shape index (κ3) is 5.78. The zero-order chi connectivity index (χ0) is 21.4. The van der Waals surface area contributed by atoms with Gasteiger partial charge in [0.2, 0.25) is 0 Å². The summed E-state index contributed by atoms with van der Waals surface area (Å²) in [5, 5.41) is 16.7. The van der Waals surface area contributed by atoms with Gasteiger partial charge in [0.15, 0.2) is 6.10 Å². The number of nitro benzene ring substituents is 1. The number of amides is 1. The minimum absolute atomic E-state index is 0.00508. The molecule has 0 saturated carbocycles. The number of carbonyl (C=O) groups excluding carboxylic acids is 2. The molecule has 0 aromatic heterocycles. The number of nitrogens with one attached hydrogen (secondary N) is 2. The Labute approximate surface area is 169 Å². The number of non-ortho nitro benzene ring substituents is 1. The zero-order valence-electron chi connectivity index (χ0n) is 16.7. The van der Waals surface area contributed by atoms with Gasteiger partial charge in [-0.05, 0) is 25.0 Å². The third-order valence-electron chi connectivity index (χ3n) is 4.45. The maximum Gasteiger partial charge on any atom is 0.341 e. The molecule has 0 spiro atoms. The Hall–Kier alpha value is -3.42. The molecule has 2 N–H and O–H groups in total. The largest absolute Gasteiger partial charge is 0.449 e. The molecule has 0 bridgehead atoms. The van der Waals surface area contributed by atoms with E-state index in [1.807, 2.05) is 37.3 Å². The highest BCUT2D eigenvalue weighted by Gasteiger charge is 2.24. The van der Waals surface area contributed by atoms with Crippen LogP contribution in [0.15, 0.2) is 48.5 Å². The first-order chi connectivity index (χ1) is 13.9. The predicted octanol–water partition coefficient (Wildman–Crippen LogP) is 3.84. The van der Waals surface area contributed by atoms with Gasteiger partial charge in [0.05, 0.1) is 16.5 Å². The van der Waals surface area contributed by atoms with E-state index in [9.17, 15) is 19.7 Å². The van der Waals surface area contributed by atoms with Gasteiger partial charge in [-0.25, -0.2) is 4.79 Å². The van der Waals surface area contributed by atoms with Gasteiger partial charge in [0, 0.05) is 24.9 Å². The summed E-state index contributed by atoms with van der Waals surface area (Å²) in [4.78, 5) is 35.5. The molecule has 2 aromatic rings. The zero-order valence-corrected chi connectivity index (χ0v) is 16.7. The Kier molecular flexibility index (Phi) is 7.70. The lowest BCUT2D eigenvalue weighted by atomic mass is 10.0. The molecule has 1 amide bonds. The molecule has 0 aliphatic carbocycles. The summed E-state index contributed by atoms with van der Waals surface area (Å²) in [6.07, 6.45) is 0.549. The summed E-state index contributed by atoms with van der Waals surface area (Å²) >= 11 is 0. The van der Waals surface area contributed by atoms with Crippen LogP contribution in [-0.4, -0.2) is 30.0 Å². The second-order valence-corrected chi connectivity index (χ2v) is 6.55. The number of rotatable bonds is 9. The maximum atomic E-state index is 12.6. The van der Waals surface area contributed by atoms with Crippen LogP contribution >= 0.6 is 0 Å². The molecule has 0 fully saturated rings. The van der Waals surface area contributed by atoms with Crippen molar-refractivity contribution in [1.82, 2.24) is 5.32 Å². The van der Waals surface area contributed by atoms with Crippen LogP contribution in [0.4, 0.5) is 11.4 Å². The fourth-order valence-corrected chi connectivity index (χ4v) is 2.90. The smallest absolute Gasteiger partial charge is 0.341 e. The first kappa shape index (κ1) is 21.9. The summed E-state index contributed by atoms with van der Waals surface area (Å²) in [6, 6.07) is 13.2. The summed E-state index contributed by atoms with van der Waals surface area (Å²) in [5.74, 6) is -1.25. The molecular formula is C21H25N3O5. The van der Waals surface area contributed by atoms with Gasteiger partial charge in [-0.15, -0.1) is 0 Å². The third-order valence-corrected chi connectivity index (χ3v) is 4.45. The van der Waals surface area contributed by atoms with Crippen molar-refractivity contribution in [3.05, 3.63) is 69.8 Å². The number of hydrogen-bond donors (Lipinski definition) is 2. The van der Waals surface area contributed by atoms with E-state index in [4.69, 9.17) is 4.74 Å². The molecule has 0 radical (unpaired) electrons. The molecule has 0 heterocycles. The van der Waals surface area contributed by atoms with Gasteiger partial charge in [-0.3, -0.25) is 14.9 Å². The SMILES string of the molecule is CCC[C@H](NC(=O)[C@H](C)OC(=O)c1cc([N+](=O)[O-])ccc1NC)c1ccccc1. The highest BCUT2D eigenvalue weighted by atomic mass is 16.6. The lowest BCUT2D eigenvalue weighted by molar-refractivity contribution is -0.384. The monoisotopic (exact) mass is 399 g/mol. The molecule has 0 unspecified atom stereocenters. The highest BCUT2D eigenvalue weighted by molar-refractivity contribution is 5.98. The summed E-state index contributed by atoms with van der Waals surface area (Å²) in [7, 11) is 1.59. The Morgan fingerprint density at radius 2 is 1.86 bits per heavy atom. The lowest BCUT2D eigenvalue weighted by Crippen LogP contribution is -2.38. The van der Waals surface area contributed by atoms with E-state index in [-0.39, 0.29) is 17.3 Å². The number of benzene rings is 2. The van der Waals surface area contributed by atoms with Crippen molar-refractivity contribution < 1.29 is 19.2 Å². The number of carbonyl (C=O) groups is 2. The minimum atomic E-state index is -1.06. The Balaban J connectivity index is 2.11. The molecule has 0 saturated heterocycles. The van der Waals surface area contributed by atoms with E-state index in [1.165, 1.54) is 19.1 Å². The van der Waals surface area contributed by atoms with Crippen LogP contribution in [-0.2, 0) is 9.53 Å². The fourth-order valence-electron chi connectivity index (χ4n) is 2.90. The molecule has 0 aliphatic rings. The van der Waals surface area contributed by atoms with Crippen molar-refractivity contribution in [3.8, 4) is 0 Å². The van der Waals surface area contributed by atoms with Crippen molar-refractivity contribution in [2.45, 2.75) is 38.8 Å². The topological polar surface area (TPSA) is 111 Å². The summed E-state index contributed by atoms with van der Waals surface area (Å²) in [5.41, 5.74) is 1.10. The predicted molar refractivity (Wildman–Crippen MR) is 110 cm³/mol. The van der Waals surface area contributed by atoms with Gasteiger partial charge in [0.1, 0.15) is 0 Å². The number of anilines is 1. The number of nitro groups is 1. The molecule has 0 aliphatic heterocycles. The van der Waals surface area contributed by atoms with Gasteiger partial charge in [0.25, 0.3) is 11.6 Å². The first-order valence-corrected chi connectivity index (χ1v) is 9.39. The van der Waals surface area contributed by atoms with E-state index >= 15 is 0 Å². The van der Waals surface area contributed by atoms with Crippen molar-refractivity contribution in [2.24, 2.45) is 0 Å². The lowest BCUT2D eigenvalue weighted by Gasteiger charge is -2.21. The Bertz CT molecular complexity index is 870. The van der Waals surface area contributed by atoms with E-state index in [0.29, 0.717) is 5.69 Å². The molecule has 2 aromatic carbocycles. The van der Waals surface area contributed by atoms with Crippen LogP contribution in [0, 0.1) is 10.1 Å². The van der Waals surface area contributed by atoms with Crippen LogP contribution in [0.25, 0.3) is 0 Å². The number of esters is 1. The van der Waals surface area contributed by atoms with Crippen LogP contribution < -0.4 is 10.6 Å². The van der Waals surface area contributed by atoms with Crippen LogP contribution in [0.3, 0.4) is 0 Å². The number of nitrogens with zero attached hydrogens (tertiary/aromatic N) is 1. The van der Waals surface area contributed by atoms with E-state index in [1.54, 1.807) is 7.05 Å².